The van der Waals surface area contributed by atoms with Crippen LogP contribution in [0.5, 0.6) is 0 Å². The number of nitrogens with two attached hydrogens (primary N) is 1. The van der Waals surface area contributed by atoms with Gasteiger partial charge in [0.1, 0.15) is 0 Å². The van der Waals surface area contributed by atoms with E-state index in [0.29, 0.717) is 18.1 Å². The molecule has 0 bridgehead atoms. The molecule has 0 aromatic carbocycles. The summed E-state index contributed by atoms with van der Waals surface area (Å²) in [6, 6.07) is 3.65. The third-order valence-electron chi connectivity index (χ3n) is 1.85. The Hall–Kier alpha value is -1.95. The second-order valence-corrected chi connectivity index (χ2v) is 3.35. The molecule has 0 radical (unpaired) electrons. The molecule has 0 saturated heterocycles. The van der Waals surface area contributed by atoms with Gasteiger partial charge in [0, 0.05) is 6.20 Å². The highest BCUT2D eigenvalue weighted by Gasteiger charge is 2.03. The molecule has 0 atom stereocenters. The van der Waals surface area contributed by atoms with E-state index in [1.165, 1.54) is 6.20 Å². The average molecular weight is 237 g/mol. The average Bonchev–Trinajstić information content (AvgIpc) is 2.32. The molecule has 0 spiro atoms. The van der Waals surface area contributed by atoms with E-state index in [0.717, 1.165) is 5.69 Å². The van der Waals surface area contributed by atoms with E-state index in [-0.39, 0.29) is 5.28 Å². The lowest BCUT2D eigenvalue weighted by molar-refractivity contribution is 0.919. The van der Waals surface area contributed by atoms with E-state index < -0.39 is 0 Å². The maximum atomic E-state index is 5.67. The Morgan fingerprint density at radius 2 is 2.31 bits per heavy atom. The third kappa shape index (κ3) is 2.54. The van der Waals surface area contributed by atoms with Crippen molar-refractivity contribution < 1.29 is 0 Å². The number of halogens is 1. The summed E-state index contributed by atoms with van der Waals surface area (Å²) in [5.74, 6) is 0.491. The van der Waals surface area contributed by atoms with Crippen LogP contribution in [-0.4, -0.2) is 20.2 Å². The van der Waals surface area contributed by atoms with Crippen LogP contribution in [0.3, 0.4) is 0 Å². The first-order valence-electron chi connectivity index (χ1n) is 4.54. The molecule has 0 saturated carbocycles. The van der Waals surface area contributed by atoms with Gasteiger partial charge in [0.25, 0.3) is 0 Å². The maximum Gasteiger partial charge on any atom is 0.224 e. The van der Waals surface area contributed by atoms with Crippen LogP contribution in [-0.2, 0) is 6.54 Å². The number of nitrogens with one attached hydrogen (secondary N) is 1. The van der Waals surface area contributed by atoms with Crippen molar-refractivity contribution in [2.75, 3.05) is 11.1 Å². The van der Waals surface area contributed by atoms with Gasteiger partial charge < -0.3 is 11.1 Å². The fraction of sp³-hybridized carbons (Fsp3) is 0.111. The molecule has 0 aliphatic rings. The van der Waals surface area contributed by atoms with Gasteiger partial charge in [-0.1, -0.05) is 0 Å². The summed E-state index contributed by atoms with van der Waals surface area (Å²) in [6.45, 7) is 0.478. The van der Waals surface area contributed by atoms with Crippen molar-refractivity contribution in [2.45, 2.75) is 6.54 Å². The van der Waals surface area contributed by atoms with Crippen LogP contribution in [0.2, 0.25) is 5.28 Å². The van der Waals surface area contributed by atoms with Gasteiger partial charge in [-0.3, -0.25) is 0 Å². The number of nitrogens with zero attached hydrogens (tertiary/aromatic N) is 4. The molecule has 2 rings (SSSR count). The first-order chi connectivity index (χ1) is 7.75. The zero-order chi connectivity index (χ0) is 11.4. The number of hydrogen-bond donors (Lipinski definition) is 2. The molecule has 6 nitrogen and oxygen atoms in total. The minimum Gasteiger partial charge on any atom is -0.394 e. The van der Waals surface area contributed by atoms with Gasteiger partial charge in [-0.2, -0.15) is 15.2 Å². The standard InChI is InChI=1S/C9H9ClN6/c10-9-13-5-7(11)8(15-9)12-4-6-2-1-3-14-16-6/h1-3,5H,4,11H2,(H,12,13,15). The van der Waals surface area contributed by atoms with Crippen molar-refractivity contribution in [3.05, 3.63) is 35.5 Å². The molecule has 7 heteroatoms. The number of hydrogen-bond acceptors (Lipinski definition) is 6. The number of rotatable bonds is 3. The zero-order valence-electron chi connectivity index (χ0n) is 8.26. The van der Waals surface area contributed by atoms with Crippen molar-refractivity contribution in [1.29, 1.82) is 0 Å². The van der Waals surface area contributed by atoms with Crippen molar-refractivity contribution >= 4 is 23.1 Å². The molecular weight excluding hydrogens is 228 g/mol. The van der Waals surface area contributed by atoms with E-state index in [4.69, 9.17) is 17.3 Å². The normalized spacial score (nSPS) is 10.1. The lowest BCUT2D eigenvalue weighted by Crippen LogP contribution is -2.07. The summed E-state index contributed by atoms with van der Waals surface area (Å²) in [4.78, 5) is 7.71. The predicted molar refractivity (Wildman–Crippen MR) is 60.8 cm³/mol. The largest absolute Gasteiger partial charge is 0.394 e. The van der Waals surface area contributed by atoms with Crippen LogP contribution in [0.15, 0.2) is 24.5 Å². The molecule has 0 aliphatic heterocycles. The molecule has 0 unspecified atom stereocenters. The van der Waals surface area contributed by atoms with Gasteiger partial charge in [-0.05, 0) is 23.7 Å². The summed E-state index contributed by atoms with van der Waals surface area (Å²) in [5.41, 5.74) is 6.90. The molecule has 3 N–H and O–H groups in total. The molecule has 2 aromatic rings. The summed E-state index contributed by atoms with van der Waals surface area (Å²) in [5, 5.41) is 10.8. The van der Waals surface area contributed by atoms with Crippen LogP contribution >= 0.6 is 11.6 Å². The van der Waals surface area contributed by atoms with Crippen molar-refractivity contribution in [3.8, 4) is 0 Å². The minimum absolute atomic E-state index is 0.149. The highest BCUT2D eigenvalue weighted by molar-refractivity contribution is 6.28. The Bertz CT molecular complexity index is 475. The Morgan fingerprint density at radius 3 is 3.06 bits per heavy atom. The second-order valence-electron chi connectivity index (χ2n) is 3.01. The molecule has 0 aliphatic carbocycles. The molecule has 16 heavy (non-hydrogen) atoms. The van der Waals surface area contributed by atoms with Crippen molar-refractivity contribution in [2.24, 2.45) is 0 Å². The van der Waals surface area contributed by atoms with Gasteiger partial charge in [0.15, 0.2) is 5.82 Å². The summed E-state index contributed by atoms with van der Waals surface area (Å²) >= 11 is 5.65. The van der Waals surface area contributed by atoms with Gasteiger partial charge in [0.2, 0.25) is 5.28 Å². The predicted octanol–water partition coefficient (Wildman–Crippen LogP) is 1.11. The maximum absolute atomic E-state index is 5.67. The van der Waals surface area contributed by atoms with E-state index in [1.54, 1.807) is 12.3 Å². The second kappa shape index (κ2) is 4.71. The fourth-order valence-electron chi connectivity index (χ4n) is 1.11. The van der Waals surface area contributed by atoms with Gasteiger partial charge >= 0.3 is 0 Å². The highest BCUT2D eigenvalue weighted by Crippen LogP contribution is 2.16. The minimum atomic E-state index is 0.149. The number of nitrogen functional groups attached to an aromatic ring is 1. The molecular formula is C9H9ClN6. The van der Waals surface area contributed by atoms with Gasteiger partial charge in [-0.15, -0.1) is 0 Å². The van der Waals surface area contributed by atoms with E-state index in [1.807, 2.05) is 6.07 Å². The van der Waals surface area contributed by atoms with Gasteiger partial charge in [0.05, 0.1) is 24.1 Å². The molecule has 2 heterocycles. The first kappa shape index (κ1) is 10.6. The molecule has 82 valence electrons. The molecule has 0 amide bonds. The fourth-order valence-corrected chi connectivity index (χ4v) is 1.25. The Kier molecular flexibility index (Phi) is 3.11. The Morgan fingerprint density at radius 1 is 1.44 bits per heavy atom. The Labute approximate surface area is 96.9 Å². The summed E-state index contributed by atoms with van der Waals surface area (Å²) in [7, 11) is 0. The molecule has 0 fully saturated rings. The number of aromatic nitrogens is 4. The summed E-state index contributed by atoms with van der Waals surface area (Å²) in [6.07, 6.45) is 3.06. The smallest absolute Gasteiger partial charge is 0.224 e. The van der Waals surface area contributed by atoms with Crippen LogP contribution in [0, 0.1) is 0 Å². The van der Waals surface area contributed by atoms with Crippen LogP contribution in [0.25, 0.3) is 0 Å². The van der Waals surface area contributed by atoms with E-state index >= 15 is 0 Å². The zero-order valence-corrected chi connectivity index (χ0v) is 9.02. The monoisotopic (exact) mass is 236 g/mol. The van der Waals surface area contributed by atoms with E-state index in [2.05, 4.69) is 25.5 Å². The number of anilines is 2. The quantitative estimate of drug-likeness (QED) is 0.776. The Balaban J connectivity index is 2.08. The van der Waals surface area contributed by atoms with Crippen LogP contribution < -0.4 is 11.1 Å². The summed E-state index contributed by atoms with van der Waals surface area (Å²) < 4.78 is 0. The van der Waals surface area contributed by atoms with Crippen molar-refractivity contribution in [3.63, 3.8) is 0 Å². The van der Waals surface area contributed by atoms with Crippen LogP contribution in [0.4, 0.5) is 11.5 Å². The van der Waals surface area contributed by atoms with E-state index in [9.17, 15) is 0 Å². The van der Waals surface area contributed by atoms with Crippen LogP contribution in [0.1, 0.15) is 5.69 Å². The third-order valence-corrected chi connectivity index (χ3v) is 2.03. The van der Waals surface area contributed by atoms with Gasteiger partial charge in [-0.25, -0.2) is 4.98 Å². The molecule has 2 aromatic heterocycles. The SMILES string of the molecule is Nc1cnc(Cl)nc1NCc1cccnn1. The highest BCUT2D eigenvalue weighted by atomic mass is 35.5. The topological polar surface area (TPSA) is 89.6 Å². The van der Waals surface area contributed by atoms with Crippen molar-refractivity contribution in [1.82, 2.24) is 20.2 Å². The lowest BCUT2D eigenvalue weighted by atomic mass is 10.4. The lowest BCUT2D eigenvalue weighted by Gasteiger charge is -2.06. The first-order valence-corrected chi connectivity index (χ1v) is 4.92.